The third-order valence-corrected chi connectivity index (χ3v) is 8.46. The van der Waals surface area contributed by atoms with Crippen molar-refractivity contribution < 1.29 is 32.6 Å². The summed E-state index contributed by atoms with van der Waals surface area (Å²) in [5, 5.41) is 14.5. The first-order chi connectivity index (χ1) is 16.5. The van der Waals surface area contributed by atoms with Gasteiger partial charge in [-0.25, -0.2) is 9.78 Å². The van der Waals surface area contributed by atoms with Crippen LogP contribution in [0.1, 0.15) is 48.5 Å². The Hall–Kier alpha value is -2.60. The normalized spacial score (nSPS) is 25.5. The van der Waals surface area contributed by atoms with Gasteiger partial charge < -0.3 is 20.1 Å². The van der Waals surface area contributed by atoms with Crippen LogP contribution in [0.15, 0.2) is 11.4 Å². The molecule has 2 saturated heterocycles. The number of amides is 2. The number of thiophene rings is 1. The van der Waals surface area contributed by atoms with E-state index in [1.807, 2.05) is 6.92 Å². The van der Waals surface area contributed by atoms with Gasteiger partial charge in [0, 0.05) is 38.4 Å². The molecule has 0 radical (unpaired) electrons. The van der Waals surface area contributed by atoms with Crippen LogP contribution in [-0.2, 0) is 10.9 Å². The molecule has 3 aliphatic rings. The summed E-state index contributed by atoms with van der Waals surface area (Å²) in [6.07, 6.45) is -2.59. The average Bonchev–Trinajstić information content (AvgIpc) is 3.60. The molecule has 3 fully saturated rings. The standard InChI is InChI=1S/C23H27F3N4O4S/c1-12-22(33,13-3-4-13)11-30(12)21(32)34-14-5-7-29(8-6-14)17-9-16(23(24,25)26)19-18(28-17)15(10-35-19)20(31)27-2/h9-10,12-14,33H,3-8,11H2,1-2H3,(H,27,31)/t12-,22?/m0/s1. The Labute approximate surface area is 204 Å². The SMILES string of the molecule is CNC(=O)c1csc2c(C(F)(F)F)cc(N3CCC(OC(=O)N4CC(O)(C5CC5)[C@@H]4C)CC3)nc12. The van der Waals surface area contributed by atoms with Crippen molar-refractivity contribution in [2.24, 2.45) is 5.92 Å². The number of aromatic nitrogens is 1. The summed E-state index contributed by atoms with van der Waals surface area (Å²) in [5.74, 6) is -0.0965. The number of β-amino-alcohol motifs (C(OH)–C–C–N with tert-alkyl or cyclic N) is 1. The Morgan fingerprint density at radius 1 is 1.26 bits per heavy atom. The van der Waals surface area contributed by atoms with E-state index in [0.29, 0.717) is 25.9 Å². The number of rotatable bonds is 4. The largest absolute Gasteiger partial charge is 0.446 e. The predicted octanol–water partition coefficient (Wildman–Crippen LogP) is 3.63. The van der Waals surface area contributed by atoms with E-state index >= 15 is 0 Å². The number of pyridine rings is 1. The molecule has 1 saturated carbocycles. The number of carbonyl (C=O) groups is 2. The topological polar surface area (TPSA) is 95.0 Å². The number of aliphatic hydroxyl groups is 1. The highest BCUT2D eigenvalue weighted by atomic mass is 32.1. The monoisotopic (exact) mass is 512 g/mol. The van der Waals surface area contributed by atoms with Gasteiger partial charge in [0.05, 0.1) is 33.9 Å². The number of ether oxygens (including phenoxy) is 1. The molecule has 8 nitrogen and oxygen atoms in total. The van der Waals surface area contributed by atoms with E-state index in [1.165, 1.54) is 17.3 Å². The molecule has 0 spiro atoms. The van der Waals surface area contributed by atoms with Crippen LogP contribution in [0.3, 0.4) is 0 Å². The zero-order valence-electron chi connectivity index (χ0n) is 19.4. The number of alkyl halides is 3. The van der Waals surface area contributed by atoms with Gasteiger partial charge in [-0.05, 0) is 31.7 Å². The van der Waals surface area contributed by atoms with Crippen molar-refractivity contribution in [1.82, 2.24) is 15.2 Å². The highest BCUT2D eigenvalue weighted by Crippen LogP contribution is 2.48. The summed E-state index contributed by atoms with van der Waals surface area (Å²) in [4.78, 5) is 32.4. The van der Waals surface area contributed by atoms with Crippen LogP contribution < -0.4 is 10.2 Å². The first kappa shape index (κ1) is 24.1. The summed E-state index contributed by atoms with van der Waals surface area (Å²) in [5.41, 5.74) is -1.50. The number of fused-ring (bicyclic) bond motifs is 1. The minimum absolute atomic E-state index is 0.0302. The lowest BCUT2D eigenvalue weighted by Crippen LogP contribution is -2.71. The molecule has 2 aromatic heterocycles. The summed E-state index contributed by atoms with van der Waals surface area (Å²) in [6.45, 7) is 2.81. The van der Waals surface area contributed by atoms with Gasteiger partial charge in [-0.2, -0.15) is 13.2 Å². The summed E-state index contributed by atoms with van der Waals surface area (Å²) in [6, 6.07) is 0.735. The quantitative estimate of drug-likeness (QED) is 0.650. The molecule has 35 heavy (non-hydrogen) atoms. The molecule has 2 aromatic rings. The minimum Gasteiger partial charge on any atom is -0.446 e. The molecule has 4 heterocycles. The number of nitrogens with zero attached hydrogens (tertiary/aromatic N) is 3. The van der Waals surface area contributed by atoms with Gasteiger partial charge in [0.2, 0.25) is 0 Å². The molecular weight excluding hydrogens is 485 g/mol. The van der Waals surface area contributed by atoms with Crippen molar-refractivity contribution in [3.05, 3.63) is 22.6 Å². The third kappa shape index (κ3) is 4.20. The van der Waals surface area contributed by atoms with Crippen LogP contribution >= 0.6 is 11.3 Å². The maximum atomic E-state index is 13.8. The van der Waals surface area contributed by atoms with E-state index in [0.717, 1.165) is 30.2 Å². The van der Waals surface area contributed by atoms with Crippen LogP contribution in [0.4, 0.5) is 23.8 Å². The van der Waals surface area contributed by atoms with Crippen LogP contribution in [0.2, 0.25) is 0 Å². The molecule has 0 aromatic carbocycles. The highest BCUT2D eigenvalue weighted by Gasteiger charge is 2.59. The maximum Gasteiger partial charge on any atom is 0.417 e. The fraction of sp³-hybridized carbons (Fsp3) is 0.609. The second-order valence-electron chi connectivity index (χ2n) is 9.57. The molecule has 5 rings (SSSR count). The van der Waals surface area contributed by atoms with E-state index in [2.05, 4.69) is 10.3 Å². The number of carbonyl (C=O) groups excluding carboxylic acids is 2. The van der Waals surface area contributed by atoms with Gasteiger partial charge in [-0.1, -0.05) is 0 Å². The average molecular weight is 513 g/mol. The molecule has 1 unspecified atom stereocenters. The Morgan fingerprint density at radius 2 is 1.94 bits per heavy atom. The molecule has 12 heteroatoms. The van der Waals surface area contributed by atoms with Crippen molar-refractivity contribution in [1.29, 1.82) is 0 Å². The van der Waals surface area contributed by atoms with Crippen molar-refractivity contribution >= 4 is 39.4 Å². The van der Waals surface area contributed by atoms with E-state index in [-0.39, 0.29) is 46.2 Å². The number of likely N-dealkylation sites (tertiary alicyclic amines) is 1. The van der Waals surface area contributed by atoms with Gasteiger partial charge >= 0.3 is 12.3 Å². The number of hydrogen-bond acceptors (Lipinski definition) is 7. The second-order valence-corrected chi connectivity index (χ2v) is 10.5. The van der Waals surface area contributed by atoms with Crippen LogP contribution in [0.5, 0.6) is 0 Å². The predicted molar refractivity (Wildman–Crippen MR) is 124 cm³/mol. The maximum absolute atomic E-state index is 13.8. The van der Waals surface area contributed by atoms with Gasteiger partial charge in [0.1, 0.15) is 17.5 Å². The summed E-state index contributed by atoms with van der Waals surface area (Å²) < 4.78 is 47.0. The van der Waals surface area contributed by atoms with Crippen molar-refractivity contribution in [2.75, 3.05) is 31.6 Å². The highest BCUT2D eigenvalue weighted by molar-refractivity contribution is 7.17. The summed E-state index contributed by atoms with van der Waals surface area (Å²) in [7, 11) is 1.42. The molecule has 2 N–H and O–H groups in total. The molecule has 2 atom stereocenters. The van der Waals surface area contributed by atoms with E-state index < -0.39 is 29.3 Å². The van der Waals surface area contributed by atoms with Gasteiger partial charge in [0.25, 0.3) is 5.91 Å². The minimum atomic E-state index is -4.59. The van der Waals surface area contributed by atoms with E-state index in [9.17, 15) is 27.9 Å². The number of nitrogens with one attached hydrogen (secondary N) is 1. The fourth-order valence-corrected chi connectivity index (χ4v) is 6.08. The van der Waals surface area contributed by atoms with Crippen molar-refractivity contribution in [3.8, 4) is 0 Å². The zero-order chi connectivity index (χ0) is 25.1. The van der Waals surface area contributed by atoms with Crippen molar-refractivity contribution in [3.63, 3.8) is 0 Å². The lowest BCUT2D eigenvalue weighted by Gasteiger charge is -2.52. The van der Waals surface area contributed by atoms with Gasteiger partial charge in [-0.3, -0.25) is 9.69 Å². The lowest BCUT2D eigenvalue weighted by atomic mass is 9.80. The Balaban J connectivity index is 1.27. The zero-order valence-corrected chi connectivity index (χ0v) is 20.2. The van der Waals surface area contributed by atoms with E-state index in [4.69, 9.17) is 4.74 Å². The Bertz CT molecular complexity index is 1160. The van der Waals surface area contributed by atoms with Gasteiger partial charge in [-0.15, -0.1) is 11.3 Å². The van der Waals surface area contributed by atoms with Crippen LogP contribution in [-0.4, -0.2) is 71.4 Å². The first-order valence-corrected chi connectivity index (χ1v) is 12.6. The second kappa shape index (κ2) is 8.51. The van der Waals surface area contributed by atoms with Crippen LogP contribution in [0, 0.1) is 5.92 Å². The summed E-state index contributed by atoms with van der Waals surface area (Å²) >= 11 is 0.848. The van der Waals surface area contributed by atoms with Crippen LogP contribution in [0.25, 0.3) is 10.2 Å². The fourth-order valence-electron chi connectivity index (χ4n) is 5.05. The first-order valence-electron chi connectivity index (χ1n) is 11.7. The molecule has 0 bridgehead atoms. The molecule has 190 valence electrons. The Kier molecular flexibility index (Phi) is 5.86. The number of piperidine rings is 1. The molecular formula is C23H27F3N4O4S. The molecule has 1 aliphatic carbocycles. The smallest absolute Gasteiger partial charge is 0.417 e. The Morgan fingerprint density at radius 3 is 2.51 bits per heavy atom. The molecule has 2 aliphatic heterocycles. The lowest BCUT2D eigenvalue weighted by molar-refractivity contribution is -0.149. The van der Waals surface area contributed by atoms with Gasteiger partial charge in [0.15, 0.2) is 0 Å². The number of anilines is 1. The van der Waals surface area contributed by atoms with E-state index in [1.54, 1.807) is 4.90 Å². The number of hydrogen-bond donors (Lipinski definition) is 2. The third-order valence-electron chi connectivity index (χ3n) is 7.45. The number of halogens is 3. The van der Waals surface area contributed by atoms with Crippen molar-refractivity contribution in [2.45, 2.75) is 56.5 Å². The molecule has 2 amide bonds.